The predicted octanol–water partition coefficient (Wildman–Crippen LogP) is 5.14. The number of piperidine rings is 3. The number of aromatic nitrogens is 5. The van der Waals surface area contributed by atoms with Crippen LogP contribution in [0.3, 0.4) is 0 Å². The fourth-order valence-electron chi connectivity index (χ4n) is 7.04. The van der Waals surface area contributed by atoms with E-state index in [-0.39, 0.29) is 16.5 Å². The number of aromatic amines is 2. The lowest BCUT2D eigenvalue weighted by Crippen LogP contribution is -2.53. The molecule has 1 atom stereocenters. The number of fused-ring (bicyclic) bond motifs is 5. The lowest BCUT2D eigenvalue weighted by molar-refractivity contribution is 0.0976. The van der Waals surface area contributed by atoms with Gasteiger partial charge in [-0.1, -0.05) is 24.3 Å². The van der Waals surface area contributed by atoms with Gasteiger partial charge in [-0.2, -0.15) is 0 Å². The minimum atomic E-state index is -3.36. The molecule has 0 unspecified atom stereocenters. The number of aryl methyl sites for hydroxylation is 1. The third kappa shape index (κ3) is 4.83. The van der Waals surface area contributed by atoms with Crippen LogP contribution in [0.25, 0.3) is 50.1 Å². The number of nitrogens with zero attached hydrogens (tertiary/aromatic N) is 4. The predicted molar refractivity (Wildman–Crippen MR) is 177 cm³/mol. The van der Waals surface area contributed by atoms with Crippen molar-refractivity contribution in [2.45, 2.75) is 30.7 Å². The first-order valence-electron chi connectivity index (χ1n) is 15.2. The molecular weight excluding hydrogens is 586 g/mol. The second-order valence-corrected chi connectivity index (χ2v) is 14.3. The number of sulfone groups is 1. The van der Waals surface area contributed by atoms with Gasteiger partial charge in [-0.3, -0.25) is 4.79 Å². The van der Waals surface area contributed by atoms with E-state index in [1.165, 1.54) is 6.26 Å². The Morgan fingerprint density at radius 1 is 0.978 bits per heavy atom. The Labute approximate surface area is 260 Å². The number of hydrogen-bond acceptors (Lipinski definition) is 7. The molecule has 10 nitrogen and oxygen atoms in total. The van der Waals surface area contributed by atoms with E-state index >= 15 is 0 Å². The number of para-hydroxylation sites is 2. The van der Waals surface area contributed by atoms with Crippen LogP contribution in [0.15, 0.2) is 82.7 Å². The molecule has 0 aliphatic carbocycles. The molecule has 3 saturated heterocycles. The minimum absolute atomic E-state index is 0.189. The van der Waals surface area contributed by atoms with E-state index in [0.29, 0.717) is 22.8 Å². The molecule has 9 rings (SSSR count). The number of pyridine rings is 1. The monoisotopic (exact) mass is 619 g/mol. The summed E-state index contributed by atoms with van der Waals surface area (Å²) in [4.78, 5) is 32.6. The molecule has 6 aromatic rings. The van der Waals surface area contributed by atoms with Gasteiger partial charge in [0.25, 0.3) is 5.56 Å². The van der Waals surface area contributed by atoms with Gasteiger partial charge < -0.3 is 24.8 Å². The Bertz CT molecular complexity index is 2230. The van der Waals surface area contributed by atoms with Gasteiger partial charge in [-0.05, 0) is 80.7 Å². The smallest absolute Gasteiger partial charge is 0.261 e. The largest absolute Gasteiger partial charge is 0.379 e. The molecular formula is C34H33N7O3S. The van der Waals surface area contributed by atoms with Crippen LogP contribution in [-0.2, 0) is 9.84 Å². The van der Waals surface area contributed by atoms with Crippen LogP contribution in [0.2, 0.25) is 0 Å². The van der Waals surface area contributed by atoms with E-state index in [1.807, 2.05) is 60.2 Å². The van der Waals surface area contributed by atoms with Crippen molar-refractivity contribution in [1.82, 2.24) is 29.4 Å². The van der Waals surface area contributed by atoms with Crippen LogP contribution in [0.1, 0.15) is 18.7 Å². The van der Waals surface area contributed by atoms with Gasteiger partial charge in [-0.25, -0.2) is 18.4 Å². The summed E-state index contributed by atoms with van der Waals surface area (Å²) in [7, 11) is -3.36. The van der Waals surface area contributed by atoms with Crippen molar-refractivity contribution in [2.24, 2.45) is 5.92 Å². The third-order valence-electron chi connectivity index (χ3n) is 9.42. The molecule has 3 aromatic heterocycles. The van der Waals surface area contributed by atoms with E-state index < -0.39 is 9.84 Å². The van der Waals surface area contributed by atoms with Crippen molar-refractivity contribution < 1.29 is 8.42 Å². The van der Waals surface area contributed by atoms with Crippen LogP contribution >= 0.6 is 0 Å². The summed E-state index contributed by atoms with van der Waals surface area (Å²) in [5, 5.41) is 4.71. The van der Waals surface area contributed by atoms with Gasteiger partial charge in [0.1, 0.15) is 17.2 Å². The summed E-state index contributed by atoms with van der Waals surface area (Å²) in [5.41, 5.74) is 5.87. The number of anilines is 1. The van der Waals surface area contributed by atoms with Crippen molar-refractivity contribution in [3.05, 3.63) is 89.2 Å². The summed E-state index contributed by atoms with van der Waals surface area (Å²) in [5.74, 6) is 1.82. The van der Waals surface area contributed by atoms with Gasteiger partial charge in [0.2, 0.25) is 0 Å². The van der Waals surface area contributed by atoms with Crippen molar-refractivity contribution >= 4 is 37.5 Å². The zero-order valence-corrected chi connectivity index (χ0v) is 25.9. The van der Waals surface area contributed by atoms with Crippen LogP contribution in [0.4, 0.5) is 5.69 Å². The van der Waals surface area contributed by atoms with E-state index in [0.717, 1.165) is 77.2 Å². The number of hydrogen-bond donors (Lipinski definition) is 3. The maximum atomic E-state index is 14.0. The molecule has 11 heteroatoms. The average molecular weight is 620 g/mol. The lowest BCUT2D eigenvalue weighted by Gasteiger charge is -2.45. The minimum Gasteiger partial charge on any atom is -0.379 e. The fraction of sp³-hybridized carbons (Fsp3) is 0.265. The van der Waals surface area contributed by atoms with Crippen molar-refractivity contribution in [3.63, 3.8) is 0 Å². The Morgan fingerprint density at radius 2 is 1.76 bits per heavy atom. The molecule has 3 fully saturated rings. The molecule has 3 N–H and O–H groups in total. The molecule has 0 radical (unpaired) electrons. The number of imidazole rings is 2. The first-order valence-corrected chi connectivity index (χ1v) is 17.1. The zero-order chi connectivity index (χ0) is 30.9. The summed E-state index contributed by atoms with van der Waals surface area (Å²) in [6, 6.07) is 19.0. The number of benzene rings is 3. The summed E-state index contributed by atoms with van der Waals surface area (Å²) in [6.07, 6.45) is 7.09. The van der Waals surface area contributed by atoms with Gasteiger partial charge in [0, 0.05) is 42.2 Å². The maximum absolute atomic E-state index is 14.0. The first kappa shape index (κ1) is 27.8. The van der Waals surface area contributed by atoms with Gasteiger partial charge in [0.05, 0.1) is 32.8 Å². The Morgan fingerprint density at radius 3 is 2.42 bits per heavy atom. The fourth-order valence-corrected chi connectivity index (χ4v) is 7.67. The summed E-state index contributed by atoms with van der Waals surface area (Å²) >= 11 is 0. The molecule has 0 amide bonds. The SMILES string of the molecule is Cc1nccn1-c1cc2[nH]c(=O)c(-c3nc4ccccc4[nH]3)c(N[C@H]3CN4CCC3CC4)c2cc1-c1ccc(S(C)(=O)=O)cc1. The van der Waals surface area contributed by atoms with Gasteiger partial charge >= 0.3 is 0 Å². The van der Waals surface area contributed by atoms with Crippen molar-refractivity contribution in [2.75, 3.05) is 31.2 Å². The topological polar surface area (TPSA) is 129 Å². The number of H-pyrrole nitrogens is 2. The number of nitrogens with one attached hydrogen (secondary N) is 3. The lowest BCUT2D eigenvalue weighted by atomic mass is 9.83. The van der Waals surface area contributed by atoms with E-state index in [2.05, 4.69) is 31.2 Å². The summed E-state index contributed by atoms with van der Waals surface area (Å²) in [6.45, 7) is 5.06. The van der Waals surface area contributed by atoms with Crippen LogP contribution in [0.5, 0.6) is 0 Å². The normalized spacial score (nSPS) is 19.8. The Hall–Kier alpha value is -4.74. The maximum Gasteiger partial charge on any atom is 0.261 e. The second-order valence-electron chi connectivity index (χ2n) is 12.3. The first-order chi connectivity index (χ1) is 21.7. The molecule has 0 spiro atoms. The van der Waals surface area contributed by atoms with E-state index in [1.54, 1.807) is 18.3 Å². The Balaban J connectivity index is 1.40. The van der Waals surface area contributed by atoms with Crippen molar-refractivity contribution in [1.29, 1.82) is 0 Å². The Kier molecular flexibility index (Phi) is 6.43. The molecule has 3 aliphatic heterocycles. The van der Waals surface area contributed by atoms with E-state index in [4.69, 9.17) is 4.98 Å². The van der Waals surface area contributed by atoms with Gasteiger partial charge in [-0.15, -0.1) is 0 Å². The average Bonchev–Trinajstić information content (AvgIpc) is 3.66. The van der Waals surface area contributed by atoms with Crippen LogP contribution in [0, 0.1) is 12.8 Å². The molecule has 0 saturated carbocycles. The molecule has 6 heterocycles. The molecule has 3 aliphatic rings. The zero-order valence-electron chi connectivity index (χ0n) is 25.0. The number of rotatable bonds is 6. The highest BCUT2D eigenvalue weighted by molar-refractivity contribution is 7.90. The quantitative estimate of drug-likeness (QED) is 0.235. The molecule has 228 valence electrons. The van der Waals surface area contributed by atoms with Crippen LogP contribution < -0.4 is 10.9 Å². The highest BCUT2D eigenvalue weighted by atomic mass is 32.2. The molecule has 3 aromatic carbocycles. The highest BCUT2D eigenvalue weighted by Crippen LogP contribution is 2.39. The van der Waals surface area contributed by atoms with Crippen molar-refractivity contribution in [3.8, 4) is 28.2 Å². The summed E-state index contributed by atoms with van der Waals surface area (Å²) < 4.78 is 26.5. The van der Waals surface area contributed by atoms with Crippen LogP contribution in [-0.4, -0.2) is 69.8 Å². The molecule has 45 heavy (non-hydrogen) atoms. The second kappa shape index (κ2) is 10.4. The third-order valence-corrected chi connectivity index (χ3v) is 10.5. The standard InChI is InChI=1S/C34H33N7O3S/c1-20-35-13-16-41(20)30-18-28-25(17-24(30)21-7-9-23(10-8-21)45(2,43)44)32(36-29-19-40-14-11-22(29)12-15-40)31(34(42)39-28)33-37-26-5-3-4-6-27(26)38-33/h3-10,13,16-18,22,29H,11-12,14-15,19H2,1-2H3,(H,37,38)(H2,36,39,42)/t29-/m0/s1. The molecule has 2 bridgehead atoms. The highest BCUT2D eigenvalue weighted by Gasteiger charge is 2.35. The van der Waals surface area contributed by atoms with E-state index in [9.17, 15) is 13.2 Å². The van der Waals surface area contributed by atoms with Gasteiger partial charge in [0.15, 0.2) is 9.84 Å².